The molecule has 1 N–H and O–H groups in total. The number of hydrogen-bond donors (Lipinski definition) is 1. The number of morpholine rings is 1. The molecule has 0 aromatic heterocycles. The van der Waals surface area contributed by atoms with E-state index in [0.717, 1.165) is 58.9 Å². The average molecular weight is 269 g/mol. The number of carbonyl (C=O) groups is 1. The number of hydrogen-bond acceptors (Lipinski definition) is 4. The van der Waals surface area contributed by atoms with Gasteiger partial charge in [-0.15, -0.1) is 0 Å². The molecule has 0 aromatic carbocycles. The van der Waals surface area contributed by atoms with Gasteiger partial charge in [0.2, 0.25) is 5.91 Å². The summed E-state index contributed by atoms with van der Waals surface area (Å²) in [7, 11) is 0. The summed E-state index contributed by atoms with van der Waals surface area (Å²) >= 11 is 0. The lowest BCUT2D eigenvalue weighted by Crippen LogP contribution is -2.52. The lowest BCUT2D eigenvalue weighted by Gasteiger charge is -2.37. The second-order valence-electron chi connectivity index (χ2n) is 6.09. The van der Waals surface area contributed by atoms with Crippen LogP contribution in [0.4, 0.5) is 0 Å². The van der Waals surface area contributed by atoms with Crippen LogP contribution >= 0.6 is 0 Å². The Morgan fingerprint density at radius 3 is 2.74 bits per heavy atom. The van der Waals surface area contributed by atoms with Crippen molar-refractivity contribution in [2.24, 2.45) is 0 Å². The Kier molecular flexibility index (Phi) is 5.19. The van der Waals surface area contributed by atoms with Gasteiger partial charge in [0.25, 0.3) is 0 Å². The molecule has 0 saturated carbocycles. The van der Waals surface area contributed by atoms with Crippen molar-refractivity contribution in [3.8, 4) is 0 Å². The van der Waals surface area contributed by atoms with E-state index in [0.29, 0.717) is 12.3 Å². The summed E-state index contributed by atoms with van der Waals surface area (Å²) in [5, 5.41) is 3.41. The maximum atomic E-state index is 12.4. The number of rotatable bonds is 3. The molecule has 1 amide bonds. The molecule has 2 aliphatic heterocycles. The topological polar surface area (TPSA) is 44.8 Å². The highest BCUT2D eigenvalue weighted by atomic mass is 16.5. The van der Waals surface area contributed by atoms with Gasteiger partial charge in [0.1, 0.15) is 0 Å². The predicted molar refractivity (Wildman–Crippen MR) is 75.2 cm³/mol. The predicted octanol–water partition coefficient (Wildman–Crippen LogP) is 0.309. The van der Waals surface area contributed by atoms with Gasteiger partial charge in [-0.25, -0.2) is 0 Å². The van der Waals surface area contributed by atoms with Gasteiger partial charge in [0.15, 0.2) is 0 Å². The van der Waals surface area contributed by atoms with Crippen molar-refractivity contribution in [2.45, 2.75) is 32.2 Å². The number of nitrogens with one attached hydrogen (secondary N) is 1. The molecule has 0 unspecified atom stereocenters. The lowest BCUT2D eigenvalue weighted by atomic mass is 10.0. The van der Waals surface area contributed by atoms with Gasteiger partial charge in [0.05, 0.1) is 13.2 Å². The third kappa shape index (κ3) is 4.16. The summed E-state index contributed by atoms with van der Waals surface area (Å²) in [6, 6.07) is 0. The smallest absolute Gasteiger partial charge is 0.224 e. The highest BCUT2D eigenvalue weighted by molar-refractivity contribution is 5.77. The molecule has 5 nitrogen and oxygen atoms in total. The third-order valence-electron chi connectivity index (χ3n) is 4.07. The first kappa shape index (κ1) is 14.8. The summed E-state index contributed by atoms with van der Waals surface area (Å²) in [6.45, 7) is 11.4. The first-order valence-electron chi connectivity index (χ1n) is 7.41. The molecule has 0 radical (unpaired) electrons. The quantitative estimate of drug-likeness (QED) is 0.801. The van der Waals surface area contributed by atoms with E-state index in [1.807, 2.05) is 0 Å². The van der Waals surface area contributed by atoms with Gasteiger partial charge in [-0.2, -0.15) is 0 Å². The molecular formula is C14H27N3O2. The molecule has 2 heterocycles. The molecule has 0 bridgehead atoms. The molecule has 110 valence electrons. The monoisotopic (exact) mass is 269 g/mol. The van der Waals surface area contributed by atoms with Gasteiger partial charge in [-0.3, -0.25) is 9.69 Å². The minimum Gasteiger partial charge on any atom is -0.379 e. The second-order valence-corrected chi connectivity index (χ2v) is 6.09. The lowest BCUT2D eigenvalue weighted by molar-refractivity contribution is -0.136. The fourth-order valence-corrected chi connectivity index (χ4v) is 2.83. The Morgan fingerprint density at radius 1 is 1.26 bits per heavy atom. The highest BCUT2D eigenvalue weighted by Gasteiger charge is 2.31. The van der Waals surface area contributed by atoms with E-state index >= 15 is 0 Å². The van der Waals surface area contributed by atoms with Crippen LogP contribution in [0.2, 0.25) is 0 Å². The molecule has 0 aliphatic carbocycles. The molecule has 2 rings (SSSR count). The van der Waals surface area contributed by atoms with E-state index in [9.17, 15) is 4.79 Å². The van der Waals surface area contributed by atoms with E-state index < -0.39 is 0 Å². The van der Waals surface area contributed by atoms with Crippen LogP contribution in [-0.4, -0.2) is 73.7 Å². The normalized spacial score (nSPS) is 25.1. The van der Waals surface area contributed by atoms with Crippen LogP contribution in [0.25, 0.3) is 0 Å². The Balaban J connectivity index is 1.83. The van der Waals surface area contributed by atoms with Crippen molar-refractivity contribution < 1.29 is 9.53 Å². The average Bonchev–Trinajstić information content (AvgIpc) is 2.58. The summed E-state index contributed by atoms with van der Waals surface area (Å²) in [4.78, 5) is 16.8. The van der Waals surface area contributed by atoms with Crippen LogP contribution in [-0.2, 0) is 9.53 Å². The largest absolute Gasteiger partial charge is 0.379 e. The van der Waals surface area contributed by atoms with Crippen molar-refractivity contribution in [1.82, 2.24) is 15.1 Å². The molecule has 2 saturated heterocycles. The molecule has 0 aromatic rings. The van der Waals surface area contributed by atoms with Crippen molar-refractivity contribution in [3.63, 3.8) is 0 Å². The molecule has 0 spiro atoms. The van der Waals surface area contributed by atoms with Gasteiger partial charge >= 0.3 is 0 Å². The summed E-state index contributed by atoms with van der Waals surface area (Å²) < 4.78 is 5.33. The second kappa shape index (κ2) is 6.68. The van der Waals surface area contributed by atoms with Gasteiger partial charge in [0, 0.05) is 44.7 Å². The molecule has 2 fully saturated rings. The Bertz CT molecular complexity index is 301. The van der Waals surface area contributed by atoms with Gasteiger partial charge < -0.3 is 15.0 Å². The maximum Gasteiger partial charge on any atom is 0.224 e. The van der Waals surface area contributed by atoms with E-state index in [1.165, 1.54) is 0 Å². The third-order valence-corrected chi connectivity index (χ3v) is 4.07. The number of carbonyl (C=O) groups excluding carboxylic acids is 1. The van der Waals surface area contributed by atoms with Crippen LogP contribution in [0.15, 0.2) is 0 Å². The Morgan fingerprint density at radius 2 is 2.00 bits per heavy atom. The molecule has 5 heteroatoms. The minimum atomic E-state index is -0.0708. The first-order valence-corrected chi connectivity index (χ1v) is 7.41. The highest BCUT2D eigenvalue weighted by Crippen LogP contribution is 2.18. The zero-order chi connectivity index (χ0) is 13.7. The summed E-state index contributed by atoms with van der Waals surface area (Å²) in [5.74, 6) is 0.292. The van der Waals surface area contributed by atoms with Crippen molar-refractivity contribution in [1.29, 1.82) is 0 Å². The molecule has 2 aliphatic rings. The zero-order valence-electron chi connectivity index (χ0n) is 12.3. The van der Waals surface area contributed by atoms with E-state index in [2.05, 4.69) is 29.0 Å². The number of ether oxygens (including phenoxy) is 1. The maximum absolute atomic E-state index is 12.4. The molecule has 0 atom stereocenters. The van der Waals surface area contributed by atoms with Crippen LogP contribution in [0, 0.1) is 0 Å². The fourth-order valence-electron chi connectivity index (χ4n) is 2.83. The molecule has 19 heavy (non-hydrogen) atoms. The Hall–Kier alpha value is -0.650. The number of amides is 1. The zero-order valence-corrected chi connectivity index (χ0v) is 12.3. The first-order chi connectivity index (χ1) is 9.09. The van der Waals surface area contributed by atoms with Crippen molar-refractivity contribution in [2.75, 3.05) is 52.5 Å². The number of nitrogens with zero attached hydrogens (tertiary/aromatic N) is 2. The molecular weight excluding hydrogens is 242 g/mol. The van der Waals surface area contributed by atoms with E-state index in [-0.39, 0.29) is 5.54 Å². The Labute approximate surface area is 116 Å². The minimum absolute atomic E-state index is 0.0708. The standard InChI is InChI=1S/C14H27N3O2/c1-14(2)12-15-5-3-6-17(14)13(18)4-7-16-8-10-19-11-9-16/h15H,3-12H2,1-2H3. The summed E-state index contributed by atoms with van der Waals surface area (Å²) in [6.07, 6.45) is 1.68. The van der Waals surface area contributed by atoms with Crippen molar-refractivity contribution >= 4 is 5.91 Å². The van der Waals surface area contributed by atoms with Crippen LogP contribution in [0.1, 0.15) is 26.7 Å². The van der Waals surface area contributed by atoms with E-state index in [1.54, 1.807) is 0 Å². The van der Waals surface area contributed by atoms with Gasteiger partial charge in [-0.05, 0) is 26.8 Å². The summed E-state index contributed by atoms with van der Waals surface area (Å²) in [5.41, 5.74) is -0.0708. The SMILES string of the molecule is CC1(C)CNCCCN1C(=O)CCN1CCOCC1. The van der Waals surface area contributed by atoms with E-state index in [4.69, 9.17) is 4.74 Å². The van der Waals surface area contributed by atoms with Crippen LogP contribution in [0.3, 0.4) is 0 Å². The fraction of sp³-hybridized carbons (Fsp3) is 0.929. The van der Waals surface area contributed by atoms with Gasteiger partial charge in [-0.1, -0.05) is 0 Å². The van der Waals surface area contributed by atoms with Crippen LogP contribution in [0.5, 0.6) is 0 Å². The van der Waals surface area contributed by atoms with Crippen molar-refractivity contribution in [3.05, 3.63) is 0 Å². The van der Waals surface area contributed by atoms with Crippen LogP contribution < -0.4 is 5.32 Å².